The van der Waals surface area contributed by atoms with Gasteiger partial charge >= 0.3 is 0 Å². The molecule has 2 aromatic heterocycles. The number of anilines is 1. The molecule has 3 aromatic rings. The third-order valence-electron chi connectivity index (χ3n) is 4.52. The lowest BCUT2D eigenvalue weighted by molar-refractivity contribution is 0.0940. The number of hydrogen-bond acceptors (Lipinski definition) is 5. The van der Waals surface area contributed by atoms with Gasteiger partial charge in [-0.2, -0.15) is 0 Å². The van der Waals surface area contributed by atoms with Crippen molar-refractivity contribution in [1.29, 1.82) is 0 Å². The van der Waals surface area contributed by atoms with Gasteiger partial charge in [0, 0.05) is 62.0 Å². The molecule has 0 aliphatic carbocycles. The highest BCUT2D eigenvalue weighted by molar-refractivity contribution is 5.95. The van der Waals surface area contributed by atoms with Crippen LogP contribution in [0.3, 0.4) is 0 Å². The summed E-state index contributed by atoms with van der Waals surface area (Å²) >= 11 is 0. The number of rotatable bonds is 6. The minimum Gasteiger partial charge on any atom is -0.361 e. The number of carbonyl (C=O) groups is 1. The van der Waals surface area contributed by atoms with Gasteiger partial charge in [0.2, 0.25) is 0 Å². The van der Waals surface area contributed by atoms with E-state index >= 15 is 0 Å². The van der Waals surface area contributed by atoms with Gasteiger partial charge in [0.25, 0.3) is 5.91 Å². The number of benzene rings is 1. The van der Waals surface area contributed by atoms with Gasteiger partial charge in [0.1, 0.15) is 5.69 Å². The molecule has 0 aliphatic heterocycles. The largest absolute Gasteiger partial charge is 0.361 e. The van der Waals surface area contributed by atoms with Gasteiger partial charge in [-0.1, -0.05) is 18.2 Å². The second-order valence-corrected chi connectivity index (χ2v) is 7.05. The van der Waals surface area contributed by atoms with Crippen LogP contribution in [-0.2, 0) is 6.42 Å². The van der Waals surface area contributed by atoms with Crippen molar-refractivity contribution < 1.29 is 4.79 Å². The Kier molecular flexibility index (Phi) is 5.99. The maximum absolute atomic E-state index is 12.6. The molecule has 0 aliphatic rings. The molecular formula is C22H25N5O. The summed E-state index contributed by atoms with van der Waals surface area (Å²) in [4.78, 5) is 27.7. The van der Waals surface area contributed by atoms with Crippen LogP contribution in [0.1, 0.15) is 28.5 Å². The topological polar surface area (TPSA) is 71.0 Å². The molecule has 0 radical (unpaired) electrons. The van der Waals surface area contributed by atoms with E-state index in [9.17, 15) is 4.79 Å². The zero-order valence-electron chi connectivity index (χ0n) is 16.7. The number of aryl methyl sites for hydroxylation is 1. The minimum absolute atomic E-state index is 0.0129. The summed E-state index contributed by atoms with van der Waals surface area (Å²) in [5.74, 6) is 0.693. The first kappa shape index (κ1) is 19.5. The fourth-order valence-electron chi connectivity index (χ4n) is 3.02. The van der Waals surface area contributed by atoms with Crippen molar-refractivity contribution in [1.82, 2.24) is 20.3 Å². The number of carbonyl (C=O) groups excluding carboxylic acids is 1. The Morgan fingerprint density at radius 2 is 1.75 bits per heavy atom. The van der Waals surface area contributed by atoms with Crippen molar-refractivity contribution in [2.45, 2.75) is 26.3 Å². The van der Waals surface area contributed by atoms with E-state index in [0.29, 0.717) is 12.0 Å². The molecule has 0 bridgehead atoms. The average molecular weight is 375 g/mol. The zero-order valence-corrected chi connectivity index (χ0v) is 16.7. The Balaban J connectivity index is 1.70. The highest BCUT2D eigenvalue weighted by atomic mass is 16.1. The lowest BCUT2D eigenvalue weighted by Gasteiger charge is -2.16. The molecular weight excluding hydrogens is 350 g/mol. The molecule has 3 rings (SSSR count). The number of amides is 1. The maximum atomic E-state index is 12.6. The molecule has 2 heterocycles. The average Bonchev–Trinajstić information content (AvgIpc) is 2.69. The lowest BCUT2D eigenvalue weighted by Crippen LogP contribution is -2.34. The molecule has 28 heavy (non-hydrogen) atoms. The van der Waals surface area contributed by atoms with Crippen LogP contribution in [0.2, 0.25) is 0 Å². The smallest absolute Gasteiger partial charge is 0.251 e. The summed E-state index contributed by atoms with van der Waals surface area (Å²) < 4.78 is 0. The minimum atomic E-state index is -0.0976. The highest BCUT2D eigenvalue weighted by Gasteiger charge is 2.14. The monoisotopic (exact) mass is 375 g/mol. The van der Waals surface area contributed by atoms with Gasteiger partial charge in [-0.05, 0) is 37.6 Å². The number of nitrogens with zero attached hydrogens (tertiary/aromatic N) is 4. The van der Waals surface area contributed by atoms with Crippen molar-refractivity contribution in [2.75, 3.05) is 19.0 Å². The van der Waals surface area contributed by atoms with Gasteiger partial charge < -0.3 is 10.2 Å². The Morgan fingerprint density at radius 3 is 2.43 bits per heavy atom. The summed E-state index contributed by atoms with van der Waals surface area (Å²) in [5, 5.41) is 3.05. The Bertz CT molecular complexity index is 953. The molecule has 1 atom stereocenters. The van der Waals surface area contributed by atoms with E-state index in [1.807, 2.05) is 69.2 Å². The van der Waals surface area contributed by atoms with Crippen LogP contribution in [0, 0.1) is 6.92 Å². The molecule has 0 fully saturated rings. The van der Waals surface area contributed by atoms with Crippen LogP contribution in [0.25, 0.3) is 11.3 Å². The van der Waals surface area contributed by atoms with Crippen LogP contribution in [0.4, 0.5) is 5.82 Å². The summed E-state index contributed by atoms with van der Waals surface area (Å²) in [7, 11) is 3.86. The third-order valence-corrected chi connectivity index (χ3v) is 4.52. The predicted molar refractivity (Wildman–Crippen MR) is 111 cm³/mol. The molecule has 144 valence electrons. The van der Waals surface area contributed by atoms with Crippen LogP contribution >= 0.6 is 0 Å². The van der Waals surface area contributed by atoms with E-state index < -0.39 is 0 Å². The number of nitrogens with one attached hydrogen (secondary N) is 1. The number of aromatic nitrogens is 3. The van der Waals surface area contributed by atoms with Gasteiger partial charge in [0.05, 0.1) is 0 Å². The van der Waals surface area contributed by atoms with Crippen molar-refractivity contribution >= 4 is 11.7 Å². The van der Waals surface area contributed by atoms with Crippen LogP contribution in [-0.4, -0.2) is 41.0 Å². The van der Waals surface area contributed by atoms with Crippen molar-refractivity contribution in [2.24, 2.45) is 0 Å². The fraction of sp³-hybridized carbons (Fsp3) is 0.273. The van der Waals surface area contributed by atoms with Crippen molar-refractivity contribution in [3.8, 4) is 11.3 Å². The molecule has 0 saturated heterocycles. The van der Waals surface area contributed by atoms with E-state index in [0.717, 1.165) is 28.3 Å². The zero-order chi connectivity index (χ0) is 20.1. The van der Waals surface area contributed by atoms with Gasteiger partial charge in [-0.3, -0.25) is 14.8 Å². The summed E-state index contributed by atoms with van der Waals surface area (Å²) in [5.41, 5.74) is 4.46. The van der Waals surface area contributed by atoms with Gasteiger partial charge in [-0.15, -0.1) is 0 Å². The first-order valence-electron chi connectivity index (χ1n) is 9.26. The summed E-state index contributed by atoms with van der Waals surface area (Å²) in [6.07, 6.45) is 5.82. The SMILES string of the molecule is Cc1cccnc1CC(C)NC(=O)c1ccc(-c2nccnc2N(C)C)cc1. The molecule has 1 amide bonds. The van der Waals surface area contributed by atoms with Crippen LogP contribution < -0.4 is 10.2 Å². The first-order chi connectivity index (χ1) is 13.5. The highest BCUT2D eigenvalue weighted by Crippen LogP contribution is 2.25. The molecule has 1 aromatic carbocycles. The lowest BCUT2D eigenvalue weighted by atomic mass is 10.1. The molecule has 1 N–H and O–H groups in total. The standard InChI is InChI=1S/C22H25N5O/c1-15-6-5-11-23-19(15)14-16(2)26-22(28)18-9-7-17(8-10-18)20-21(27(3)4)25-13-12-24-20/h5-13,16H,14H2,1-4H3,(H,26,28). The third kappa shape index (κ3) is 4.52. The first-order valence-corrected chi connectivity index (χ1v) is 9.26. The van der Waals surface area contributed by atoms with E-state index in [2.05, 4.69) is 20.3 Å². The molecule has 1 unspecified atom stereocenters. The second kappa shape index (κ2) is 8.61. The normalized spacial score (nSPS) is 11.7. The fourth-order valence-corrected chi connectivity index (χ4v) is 3.02. The van der Waals surface area contributed by atoms with Gasteiger partial charge in [-0.25, -0.2) is 4.98 Å². The van der Waals surface area contributed by atoms with E-state index in [1.54, 1.807) is 18.6 Å². The second-order valence-electron chi connectivity index (χ2n) is 7.05. The molecule has 0 spiro atoms. The van der Waals surface area contributed by atoms with Gasteiger partial charge in [0.15, 0.2) is 5.82 Å². The quantitative estimate of drug-likeness (QED) is 0.716. The summed E-state index contributed by atoms with van der Waals surface area (Å²) in [6, 6.07) is 11.4. The van der Waals surface area contributed by atoms with Crippen LogP contribution in [0.15, 0.2) is 55.0 Å². The number of pyridine rings is 1. The Morgan fingerprint density at radius 1 is 1.04 bits per heavy atom. The van der Waals surface area contributed by atoms with E-state index in [-0.39, 0.29) is 11.9 Å². The van der Waals surface area contributed by atoms with Crippen molar-refractivity contribution in [3.63, 3.8) is 0 Å². The molecule has 6 nitrogen and oxygen atoms in total. The molecule has 6 heteroatoms. The molecule has 0 saturated carbocycles. The van der Waals surface area contributed by atoms with Crippen molar-refractivity contribution in [3.05, 3.63) is 71.8 Å². The predicted octanol–water partition coefficient (Wildman–Crippen LogP) is 3.27. The van der Waals surface area contributed by atoms with E-state index in [4.69, 9.17) is 0 Å². The summed E-state index contributed by atoms with van der Waals surface area (Å²) in [6.45, 7) is 4.02. The number of hydrogen-bond donors (Lipinski definition) is 1. The maximum Gasteiger partial charge on any atom is 0.251 e. The Labute approximate surface area is 165 Å². The van der Waals surface area contributed by atoms with Crippen LogP contribution in [0.5, 0.6) is 0 Å². The Hall–Kier alpha value is -3.28. The van der Waals surface area contributed by atoms with E-state index in [1.165, 1.54) is 0 Å².